The lowest BCUT2D eigenvalue weighted by atomic mass is 9.85. The van der Waals surface area contributed by atoms with Crippen LogP contribution in [0.1, 0.15) is 48.0 Å². The molecule has 2 heterocycles. The number of aryl methyl sites for hydroxylation is 1. The number of imidazole rings is 2. The van der Waals surface area contributed by atoms with Crippen LogP contribution in [0.25, 0.3) is 22.1 Å². The van der Waals surface area contributed by atoms with Gasteiger partial charge in [-0.2, -0.15) is 0 Å². The number of nitrogens with one attached hydrogen (secondary N) is 2. The molecule has 0 unspecified atom stereocenters. The van der Waals surface area contributed by atoms with Gasteiger partial charge in [0.05, 0.1) is 22.1 Å². The molecule has 2 N–H and O–H groups in total. The number of aromatic amines is 1. The summed E-state index contributed by atoms with van der Waals surface area (Å²) in [5.74, 6) is 1.73. The molecule has 0 spiro atoms. The highest BCUT2D eigenvalue weighted by Gasteiger charge is 2.27. The molecule has 2 atom stereocenters. The summed E-state index contributed by atoms with van der Waals surface area (Å²) >= 11 is 0. The van der Waals surface area contributed by atoms with E-state index in [0.717, 1.165) is 53.6 Å². The summed E-state index contributed by atoms with van der Waals surface area (Å²) in [6.07, 6.45) is 4.07. The van der Waals surface area contributed by atoms with E-state index in [0.29, 0.717) is 11.7 Å². The second kappa shape index (κ2) is 7.87. The maximum atomic E-state index is 12.9. The first-order valence-electron chi connectivity index (χ1n) is 9.86. The summed E-state index contributed by atoms with van der Waals surface area (Å²) in [5, 5.41) is 3.21. The van der Waals surface area contributed by atoms with Crippen molar-refractivity contribution in [2.24, 2.45) is 7.05 Å². The molecule has 1 saturated carbocycles. The average molecular weight is 410 g/mol. The fraction of sp³-hybridized carbons (Fsp3) is 0.318. The number of carbonyl (C=O) groups is 1. The van der Waals surface area contributed by atoms with E-state index >= 15 is 0 Å². The van der Waals surface area contributed by atoms with Crippen molar-refractivity contribution in [2.45, 2.75) is 37.6 Å². The van der Waals surface area contributed by atoms with E-state index < -0.39 is 0 Å². The number of hydrogen-bond acceptors (Lipinski definition) is 3. The summed E-state index contributed by atoms with van der Waals surface area (Å²) in [4.78, 5) is 25.6. The fourth-order valence-electron chi connectivity index (χ4n) is 4.33. The topological polar surface area (TPSA) is 75.6 Å². The van der Waals surface area contributed by atoms with E-state index in [1.807, 2.05) is 54.1 Å². The van der Waals surface area contributed by atoms with Crippen LogP contribution in [0.5, 0.6) is 0 Å². The lowest BCUT2D eigenvalue weighted by molar-refractivity contribution is 0.0911. The highest BCUT2D eigenvalue weighted by atomic mass is 35.5. The molecule has 0 aliphatic heterocycles. The minimum Gasteiger partial charge on any atom is -0.347 e. The van der Waals surface area contributed by atoms with Gasteiger partial charge >= 0.3 is 0 Å². The van der Waals surface area contributed by atoms with Crippen LogP contribution in [-0.4, -0.2) is 31.5 Å². The molecule has 4 aromatic rings. The molecular weight excluding hydrogens is 386 g/mol. The minimum atomic E-state index is -0.103. The maximum absolute atomic E-state index is 12.9. The first-order valence-corrected chi connectivity index (χ1v) is 9.86. The van der Waals surface area contributed by atoms with Gasteiger partial charge in [-0.05, 0) is 43.5 Å². The highest BCUT2D eigenvalue weighted by molar-refractivity contribution is 5.95. The van der Waals surface area contributed by atoms with Crippen molar-refractivity contribution in [1.82, 2.24) is 24.8 Å². The van der Waals surface area contributed by atoms with Gasteiger partial charge in [0.1, 0.15) is 5.82 Å². The Morgan fingerprint density at radius 2 is 1.83 bits per heavy atom. The summed E-state index contributed by atoms with van der Waals surface area (Å²) in [5.41, 5.74) is 3.89. The average Bonchev–Trinajstić information content (AvgIpc) is 3.30. The first kappa shape index (κ1) is 19.5. The van der Waals surface area contributed by atoms with Gasteiger partial charge < -0.3 is 14.9 Å². The van der Waals surface area contributed by atoms with Crippen molar-refractivity contribution in [1.29, 1.82) is 0 Å². The highest BCUT2D eigenvalue weighted by Crippen LogP contribution is 2.32. The Morgan fingerprint density at radius 3 is 2.62 bits per heavy atom. The van der Waals surface area contributed by atoms with Gasteiger partial charge in [-0.25, -0.2) is 9.97 Å². The van der Waals surface area contributed by atoms with Crippen LogP contribution in [0.15, 0.2) is 48.5 Å². The van der Waals surface area contributed by atoms with Crippen molar-refractivity contribution < 1.29 is 4.79 Å². The quantitative estimate of drug-likeness (QED) is 0.528. The molecule has 0 saturated heterocycles. The predicted molar refractivity (Wildman–Crippen MR) is 117 cm³/mol. The molecule has 0 radical (unpaired) electrons. The summed E-state index contributed by atoms with van der Waals surface area (Å²) in [7, 11) is 1.89. The van der Waals surface area contributed by atoms with Crippen LogP contribution >= 0.6 is 12.4 Å². The van der Waals surface area contributed by atoms with Crippen LogP contribution in [0.2, 0.25) is 0 Å². The number of carbonyl (C=O) groups excluding carboxylic acids is 1. The molecule has 1 amide bonds. The smallest absolute Gasteiger partial charge is 0.287 e. The minimum absolute atomic E-state index is 0. The number of aromatic nitrogens is 4. The Kier molecular flexibility index (Phi) is 5.28. The molecule has 2 aromatic heterocycles. The number of hydrogen-bond donors (Lipinski definition) is 2. The van der Waals surface area contributed by atoms with Crippen molar-refractivity contribution in [3.05, 3.63) is 60.2 Å². The Balaban J connectivity index is 0.00000205. The van der Waals surface area contributed by atoms with E-state index in [1.54, 1.807) is 0 Å². The zero-order chi connectivity index (χ0) is 19.1. The van der Waals surface area contributed by atoms with E-state index in [1.165, 1.54) is 0 Å². The van der Waals surface area contributed by atoms with Crippen LogP contribution in [0.3, 0.4) is 0 Å². The fourth-order valence-corrected chi connectivity index (χ4v) is 4.33. The molecule has 0 bridgehead atoms. The van der Waals surface area contributed by atoms with E-state index in [4.69, 9.17) is 4.98 Å². The Hall–Kier alpha value is -2.86. The third-order valence-electron chi connectivity index (χ3n) is 5.79. The van der Waals surface area contributed by atoms with Crippen molar-refractivity contribution in [3.63, 3.8) is 0 Å². The molecule has 6 nitrogen and oxygen atoms in total. The third kappa shape index (κ3) is 3.60. The van der Waals surface area contributed by atoms with Crippen molar-refractivity contribution in [3.8, 4) is 0 Å². The number of H-pyrrole nitrogens is 1. The molecule has 150 valence electrons. The second-order valence-corrected chi connectivity index (χ2v) is 7.66. The molecule has 2 aromatic carbocycles. The molecule has 1 aliphatic rings. The molecule has 1 fully saturated rings. The lowest BCUT2D eigenvalue weighted by Crippen LogP contribution is -2.39. The van der Waals surface area contributed by atoms with Gasteiger partial charge in [0, 0.05) is 19.0 Å². The van der Waals surface area contributed by atoms with E-state index in [9.17, 15) is 4.79 Å². The molecule has 1 aliphatic carbocycles. The standard InChI is InChI=1S/C22H23N5O.ClH/c1-27-19-12-5-4-11-18(19)26-21(27)22(28)23-15-8-6-7-14(13-15)20-24-16-9-2-3-10-17(16)25-20;/h2-5,9-12,14-15H,6-8,13H2,1H3,(H,23,28)(H,24,25);1H/t14-,15+;/m0./s1. The Bertz CT molecular complexity index is 1130. The van der Waals surface area contributed by atoms with Crippen LogP contribution in [-0.2, 0) is 7.05 Å². The lowest BCUT2D eigenvalue weighted by Gasteiger charge is -2.28. The largest absolute Gasteiger partial charge is 0.347 e. The molecule has 29 heavy (non-hydrogen) atoms. The maximum Gasteiger partial charge on any atom is 0.287 e. The zero-order valence-electron chi connectivity index (χ0n) is 16.3. The number of nitrogens with zero attached hydrogens (tertiary/aromatic N) is 3. The number of para-hydroxylation sites is 4. The number of fused-ring (bicyclic) bond motifs is 2. The molecular formula is C22H24ClN5O. The predicted octanol–water partition coefficient (Wildman–Crippen LogP) is 4.33. The second-order valence-electron chi connectivity index (χ2n) is 7.66. The first-order chi connectivity index (χ1) is 13.7. The van der Waals surface area contributed by atoms with Crippen molar-refractivity contribution >= 4 is 40.4 Å². The van der Waals surface area contributed by atoms with E-state index in [2.05, 4.69) is 21.4 Å². The van der Waals surface area contributed by atoms with Gasteiger partial charge in [-0.3, -0.25) is 4.79 Å². The normalized spacial score (nSPS) is 19.2. The van der Waals surface area contributed by atoms with Crippen LogP contribution in [0, 0.1) is 0 Å². The number of benzene rings is 2. The monoisotopic (exact) mass is 409 g/mol. The van der Waals surface area contributed by atoms with Gasteiger partial charge in [0.2, 0.25) is 0 Å². The summed E-state index contributed by atoms with van der Waals surface area (Å²) in [6, 6.07) is 16.1. The van der Waals surface area contributed by atoms with Crippen LogP contribution in [0.4, 0.5) is 0 Å². The summed E-state index contributed by atoms with van der Waals surface area (Å²) < 4.78 is 1.87. The van der Waals surface area contributed by atoms with Gasteiger partial charge in [-0.15, -0.1) is 12.4 Å². The number of halogens is 1. The van der Waals surface area contributed by atoms with E-state index in [-0.39, 0.29) is 24.4 Å². The zero-order valence-corrected chi connectivity index (χ0v) is 17.1. The van der Waals surface area contributed by atoms with Gasteiger partial charge in [-0.1, -0.05) is 30.7 Å². The molecule has 7 heteroatoms. The van der Waals surface area contributed by atoms with Gasteiger partial charge in [0.15, 0.2) is 5.82 Å². The SMILES string of the molecule is Cl.Cn1c(C(=O)N[C@@H]2CCC[C@H](c3nc4ccccc4[nH]3)C2)nc2ccccc21. The van der Waals surface area contributed by atoms with Gasteiger partial charge in [0.25, 0.3) is 5.91 Å². The molecule has 5 rings (SSSR count). The Morgan fingerprint density at radius 1 is 1.07 bits per heavy atom. The van der Waals surface area contributed by atoms with Crippen molar-refractivity contribution in [2.75, 3.05) is 0 Å². The summed E-state index contributed by atoms with van der Waals surface area (Å²) in [6.45, 7) is 0. The Labute approximate surface area is 175 Å². The third-order valence-corrected chi connectivity index (χ3v) is 5.79. The van der Waals surface area contributed by atoms with Crippen LogP contribution < -0.4 is 5.32 Å². The number of amides is 1. The number of rotatable bonds is 3.